The number of hydrogen-bond donors (Lipinski definition) is 2. The van der Waals surface area contributed by atoms with Crippen LogP contribution in [0.4, 0.5) is 0 Å². The van der Waals surface area contributed by atoms with Gasteiger partial charge in [0.1, 0.15) is 0 Å². The normalized spacial score (nSPS) is 24.5. The van der Waals surface area contributed by atoms with Gasteiger partial charge < -0.3 is 20.1 Å². The van der Waals surface area contributed by atoms with Gasteiger partial charge in [-0.25, -0.2) is 0 Å². The minimum Gasteiger partial charge on any atom is -0.384 e. The quantitative estimate of drug-likeness (QED) is 0.652. The zero-order chi connectivity index (χ0) is 17.6. The predicted octanol–water partition coefficient (Wildman–Crippen LogP) is 2.00. The summed E-state index contributed by atoms with van der Waals surface area (Å²) in [5.41, 5.74) is 0.161. The topological polar surface area (TPSA) is 62.8 Å². The largest absolute Gasteiger partial charge is 0.384 e. The Balaban J connectivity index is 0.00000182. The molecule has 6 nitrogen and oxygen atoms in total. The van der Waals surface area contributed by atoms with Crippen LogP contribution in [0, 0.1) is 5.41 Å². The van der Waals surface area contributed by atoms with Crippen molar-refractivity contribution in [2.45, 2.75) is 50.5 Å². The van der Waals surface area contributed by atoms with Crippen LogP contribution in [0.25, 0.3) is 0 Å². The Kier molecular flexibility index (Phi) is 10.9. The van der Waals surface area contributed by atoms with E-state index in [4.69, 9.17) is 9.47 Å². The van der Waals surface area contributed by atoms with Gasteiger partial charge in [0.2, 0.25) is 5.91 Å². The lowest BCUT2D eigenvalue weighted by atomic mass is 9.79. The average molecular weight is 426 g/mol. The highest BCUT2D eigenvalue weighted by Crippen LogP contribution is 2.38. The maximum absolute atomic E-state index is 12.8. The van der Waals surface area contributed by atoms with Crippen molar-refractivity contribution in [3.05, 3.63) is 0 Å². The lowest BCUT2D eigenvalue weighted by Gasteiger charge is -2.43. The second-order valence-corrected chi connectivity index (χ2v) is 8.17. The number of hydrogen-bond acceptors (Lipinski definition) is 5. The lowest BCUT2D eigenvalue weighted by molar-refractivity contribution is -0.126. The van der Waals surface area contributed by atoms with E-state index in [0.717, 1.165) is 78.2 Å². The molecule has 0 spiro atoms. The van der Waals surface area contributed by atoms with Crippen molar-refractivity contribution in [2.24, 2.45) is 5.41 Å². The van der Waals surface area contributed by atoms with E-state index in [1.807, 2.05) is 0 Å². The predicted molar refractivity (Wildman–Crippen MR) is 112 cm³/mol. The molecule has 0 bridgehead atoms. The van der Waals surface area contributed by atoms with E-state index in [9.17, 15) is 4.79 Å². The van der Waals surface area contributed by atoms with Crippen molar-refractivity contribution >= 4 is 30.7 Å². The summed E-state index contributed by atoms with van der Waals surface area (Å²) in [6, 6.07) is 0. The Morgan fingerprint density at radius 3 is 2.33 bits per heavy atom. The molecule has 0 aromatic heterocycles. The number of methoxy groups -OCH3 is 1. The van der Waals surface area contributed by atoms with Crippen LogP contribution < -0.4 is 10.6 Å². The second-order valence-electron chi connectivity index (χ2n) is 8.17. The third kappa shape index (κ3) is 6.44. The van der Waals surface area contributed by atoms with Gasteiger partial charge >= 0.3 is 0 Å². The van der Waals surface area contributed by atoms with Crippen LogP contribution in [-0.2, 0) is 14.3 Å². The molecular weight excluding hydrogens is 389 g/mol. The summed E-state index contributed by atoms with van der Waals surface area (Å²) in [6.07, 6.45) is 7.54. The van der Waals surface area contributed by atoms with Gasteiger partial charge in [-0.3, -0.25) is 9.69 Å². The molecule has 0 aromatic carbocycles. The van der Waals surface area contributed by atoms with Crippen LogP contribution in [-0.4, -0.2) is 76.0 Å². The summed E-state index contributed by atoms with van der Waals surface area (Å²) in [7, 11) is 1.76. The SMILES string of the molecule is COCC1(CNC(=O)CC2(N3CCOCC3)CCCC2)CCNCC1.Cl.Cl. The molecule has 3 aliphatic rings. The van der Waals surface area contributed by atoms with Gasteiger partial charge in [-0.05, 0) is 38.8 Å². The van der Waals surface area contributed by atoms with Gasteiger partial charge in [0, 0.05) is 44.1 Å². The molecule has 0 atom stereocenters. The molecule has 27 heavy (non-hydrogen) atoms. The minimum absolute atomic E-state index is 0. The Bertz CT molecular complexity index is 430. The molecule has 0 unspecified atom stereocenters. The van der Waals surface area contributed by atoms with Crippen LogP contribution in [0.15, 0.2) is 0 Å². The van der Waals surface area contributed by atoms with E-state index >= 15 is 0 Å². The first kappa shape index (κ1) is 24.9. The van der Waals surface area contributed by atoms with Crippen LogP contribution in [0.3, 0.4) is 0 Å². The number of ether oxygens (including phenoxy) is 2. The Hall–Kier alpha value is -0.110. The number of nitrogens with one attached hydrogen (secondary N) is 2. The lowest BCUT2D eigenvalue weighted by Crippen LogP contribution is -2.54. The van der Waals surface area contributed by atoms with Crippen molar-refractivity contribution in [2.75, 3.05) is 59.7 Å². The maximum atomic E-state index is 12.8. The Morgan fingerprint density at radius 1 is 1.11 bits per heavy atom. The highest BCUT2D eigenvalue weighted by Gasteiger charge is 2.42. The number of halogens is 2. The number of nitrogens with zero attached hydrogens (tertiary/aromatic N) is 1. The van der Waals surface area contributed by atoms with Gasteiger partial charge in [0.25, 0.3) is 0 Å². The molecule has 0 radical (unpaired) electrons. The summed E-state index contributed by atoms with van der Waals surface area (Å²) in [6.45, 7) is 7.01. The molecule has 1 aliphatic carbocycles. The molecule has 3 rings (SSSR count). The molecule has 1 amide bonds. The monoisotopic (exact) mass is 425 g/mol. The molecule has 2 aliphatic heterocycles. The number of rotatable bonds is 7. The number of amides is 1. The summed E-state index contributed by atoms with van der Waals surface area (Å²) in [4.78, 5) is 15.3. The van der Waals surface area contributed by atoms with Crippen LogP contribution in [0.5, 0.6) is 0 Å². The van der Waals surface area contributed by atoms with Gasteiger partial charge in [-0.15, -0.1) is 24.8 Å². The van der Waals surface area contributed by atoms with Gasteiger partial charge in [-0.2, -0.15) is 0 Å². The second kappa shape index (κ2) is 11.8. The van der Waals surface area contributed by atoms with E-state index in [0.29, 0.717) is 6.42 Å². The molecule has 0 aromatic rings. The van der Waals surface area contributed by atoms with Crippen molar-refractivity contribution in [1.29, 1.82) is 0 Å². The van der Waals surface area contributed by atoms with E-state index in [-0.39, 0.29) is 41.7 Å². The summed E-state index contributed by atoms with van der Waals surface area (Å²) < 4.78 is 11.0. The molecule has 2 heterocycles. The first-order valence-electron chi connectivity index (χ1n) is 9.97. The van der Waals surface area contributed by atoms with Crippen molar-refractivity contribution in [1.82, 2.24) is 15.5 Å². The fourth-order valence-corrected chi connectivity index (χ4v) is 4.96. The van der Waals surface area contributed by atoms with E-state index < -0.39 is 0 Å². The van der Waals surface area contributed by atoms with Crippen molar-refractivity contribution < 1.29 is 14.3 Å². The Morgan fingerprint density at radius 2 is 1.74 bits per heavy atom. The fourth-order valence-electron chi connectivity index (χ4n) is 4.96. The van der Waals surface area contributed by atoms with Gasteiger partial charge in [0.15, 0.2) is 0 Å². The molecule has 2 N–H and O–H groups in total. The summed E-state index contributed by atoms with van der Waals surface area (Å²) in [5, 5.41) is 6.67. The number of morpholine rings is 1. The highest BCUT2D eigenvalue weighted by atomic mass is 35.5. The van der Waals surface area contributed by atoms with Crippen LogP contribution >= 0.6 is 24.8 Å². The van der Waals surface area contributed by atoms with Crippen LogP contribution in [0.1, 0.15) is 44.9 Å². The molecule has 2 saturated heterocycles. The number of carbonyl (C=O) groups is 1. The van der Waals surface area contributed by atoms with Gasteiger partial charge in [0.05, 0.1) is 19.8 Å². The standard InChI is InChI=1S/C19H35N3O3.2ClH/c1-24-16-18(6-8-20-9-7-18)15-21-17(23)14-19(4-2-3-5-19)22-10-12-25-13-11-22;;/h20H,2-16H2,1H3,(H,21,23);2*1H. The van der Waals surface area contributed by atoms with E-state index in [2.05, 4.69) is 15.5 Å². The van der Waals surface area contributed by atoms with Crippen molar-refractivity contribution in [3.63, 3.8) is 0 Å². The maximum Gasteiger partial charge on any atom is 0.221 e. The summed E-state index contributed by atoms with van der Waals surface area (Å²) >= 11 is 0. The zero-order valence-corrected chi connectivity index (χ0v) is 18.2. The van der Waals surface area contributed by atoms with Gasteiger partial charge in [-0.1, -0.05) is 12.8 Å². The fraction of sp³-hybridized carbons (Fsp3) is 0.947. The van der Waals surface area contributed by atoms with E-state index in [1.165, 1.54) is 12.8 Å². The Labute approximate surface area is 176 Å². The highest BCUT2D eigenvalue weighted by molar-refractivity contribution is 5.85. The minimum atomic E-state index is 0. The summed E-state index contributed by atoms with van der Waals surface area (Å²) in [5.74, 6) is 0.211. The van der Waals surface area contributed by atoms with Crippen molar-refractivity contribution in [3.8, 4) is 0 Å². The third-order valence-corrected chi connectivity index (χ3v) is 6.48. The zero-order valence-electron chi connectivity index (χ0n) is 16.6. The first-order chi connectivity index (χ1) is 12.2. The molecule has 160 valence electrons. The smallest absolute Gasteiger partial charge is 0.221 e. The molecule has 1 saturated carbocycles. The molecule has 3 fully saturated rings. The number of piperidine rings is 1. The molecular formula is C19H37Cl2N3O3. The van der Waals surface area contributed by atoms with E-state index in [1.54, 1.807) is 7.11 Å². The van der Waals surface area contributed by atoms with Crippen LogP contribution in [0.2, 0.25) is 0 Å². The number of carbonyl (C=O) groups excluding carboxylic acids is 1. The first-order valence-corrected chi connectivity index (χ1v) is 9.97. The molecule has 8 heteroatoms. The average Bonchev–Trinajstić information content (AvgIpc) is 3.12. The third-order valence-electron chi connectivity index (χ3n) is 6.48.